The summed E-state index contributed by atoms with van der Waals surface area (Å²) in [7, 11) is 0. The predicted octanol–water partition coefficient (Wildman–Crippen LogP) is 3.46. The Hall–Kier alpha value is -2.34. The third kappa shape index (κ3) is 3.58. The van der Waals surface area contributed by atoms with E-state index in [9.17, 15) is 14.7 Å². The molecule has 0 fully saturated rings. The van der Waals surface area contributed by atoms with Gasteiger partial charge in [0.25, 0.3) is 5.91 Å². The van der Waals surface area contributed by atoms with E-state index in [1.54, 1.807) is 35.3 Å². The van der Waals surface area contributed by atoms with Gasteiger partial charge in [0.2, 0.25) is 0 Å². The molecule has 0 bridgehead atoms. The van der Waals surface area contributed by atoms with Crippen molar-refractivity contribution in [1.82, 2.24) is 4.90 Å². The van der Waals surface area contributed by atoms with Crippen LogP contribution in [0.25, 0.3) is 0 Å². The molecule has 1 amide bonds. The van der Waals surface area contributed by atoms with E-state index >= 15 is 0 Å². The van der Waals surface area contributed by atoms with Gasteiger partial charge in [-0.25, -0.2) is 4.79 Å². The lowest BCUT2D eigenvalue weighted by Gasteiger charge is -2.29. The highest BCUT2D eigenvalue weighted by Gasteiger charge is 2.29. The number of ether oxygens (including phenoxy) is 1. The standard InChI is InChI=1S/C21H23NO4S/c1-13(20(24)22-8-6-19-16(12-22)7-9-27-19)26-21(25)17-10-14-4-2-3-5-15(14)11-18(17)23/h7,9-11,13,23H,2-6,8,12H2,1H3/t13-/m0/s1. The fourth-order valence-corrected chi connectivity index (χ4v) is 4.79. The van der Waals surface area contributed by atoms with Crippen LogP contribution in [0.4, 0.5) is 0 Å². The Morgan fingerprint density at radius 3 is 2.67 bits per heavy atom. The Kier molecular flexibility index (Phi) is 4.91. The van der Waals surface area contributed by atoms with Crippen LogP contribution in [0.3, 0.4) is 0 Å². The van der Waals surface area contributed by atoms with Gasteiger partial charge in [-0.15, -0.1) is 11.3 Å². The number of carbonyl (C=O) groups excluding carboxylic acids is 2. The smallest absolute Gasteiger partial charge is 0.342 e. The van der Waals surface area contributed by atoms with E-state index < -0.39 is 12.1 Å². The largest absolute Gasteiger partial charge is 0.507 e. The van der Waals surface area contributed by atoms with Crippen molar-refractivity contribution in [2.24, 2.45) is 0 Å². The molecule has 0 saturated carbocycles. The number of thiophene rings is 1. The van der Waals surface area contributed by atoms with Crippen molar-refractivity contribution in [3.8, 4) is 5.75 Å². The molecule has 2 heterocycles. The molecule has 6 heteroatoms. The number of phenolic OH excluding ortho intramolecular Hbond substituents is 1. The predicted molar refractivity (Wildman–Crippen MR) is 103 cm³/mol. The van der Waals surface area contributed by atoms with Gasteiger partial charge < -0.3 is 14.7 Å². The summed E-state index contributed by atoms with van der Waals surface area (Å²) >= 11 is 1.72. The second-order valence-electron chi connectivity index (χ2n) is 7.27. The van der Waals surface area contributed by atoms with Crippen LogP contribution in [0.2, 0.25) is 0 Å². The van der Waals surface area contributed by atoms with E-state index in [1.165, 1.54) is 10.4 Å². The van der Waals surface area contributed by atoms with Gasteiger partial charge in [-0.3, -0.25) is 4.79 Å². The number of hydrogen-bond donors (Lipinski definition) is 1. The zero-order chi connectivity index (χ0) is 19.0. The molecular weight excluding hydrogens is 362 g/mol. The number of hydrogen-bond acceptors (Lipinski definition) is 5. The summed E-state index contributed by atoms with van der Waals surface area (Å²) < 4.78 is 5.41. The maximum atomic E-state index is 12.7. The van der Waals surface area contributed by atoms with Gasteiger partial charge in [-0.1, -0.05) is 0 Å². The number of fused-ring (bicyclic) bond motifs is 2. The second kappa shape index (κ2) is 7.35. The van der Waals surface area contributed by atoms with Gasteiger partial charge in [0.05, 0.1) is 0 Å². The van der Waals surface area contributed by atoms with E-state index in [4.69, 9.17) is 4.74 Å². The molecule has 27 heavy (non-hydrogen) atoms. The highest BCUT2D eigenvalue weighted by Crippen LogP contribution is 2.29. The van der Waals surface area contributed by atoms with Crippen LogP contribution in [-0.4, -0.2) is 34.5 Å². The monoisotopic (exact) mass is 385 g/mol. The molecule has 4 rings (SSSR count). The van der Waals surface area contributed by atoms with Crippen molar-refractivity contribution in [3.05, 3.63) is 50.7 Å². The molecule has 1 aliphatic heterocycles. The highest BCUT2D eigenvalue weighted by atomic mass is 32.1. The minimum absolute atomic E-state index is 0.0683. The average molecular weight is 385 g/mol. The van der Waals surface area contributed by atoms with Gasteiger partial charge >= 0.3 is 5.97 Å². The van der Waals surface area contributed by atoms with Crippen molar-refractivity contribution >= 4 is 23.2 Å². The van der Waals surface area contributed by atoms with Gasteiger partial charge in [-0.05, 0) is 79.3 Å². The second-order valence-corrected chi connectivity index (χ2v) is 8.27. The number of aryl methyl sites for hydroxylation is 2. The number of rotatable bonds is 3. The first-order valence-corrected chi connectivity index (χ1v) is 10.3. The minimum Gasteiger partial charge on any atom is -0.507 e. The minimum atomic E-state index is -0.881. The molecule has 1 N–H and O–H groups in total. The summed E-state index contributed by atoms with van der Waals surface area (Å²) in [5.41, 5.74) is 3.50. The van der Waals surface area contributed by atoms with Crippen LogP contribution in [0.5, 0.6) is 5.75 Å². The molecule has 1 aromatic heterocycles. The third-order valence-corrected chi connectivity index (χ3v) is 6.45. The Bertz CT molecular complexity index is 888. The topological polar surface area (TPSA) is 66.8 Å². The normalized spacial score (nSPS) is 17.0. The Labute approximate surface area is 162 Å². The van der Waals surface area contributed by atoms with E-state index in [-0.39, 0.29) is 17.2 Å². The number of aromatic hydroxyl groups is 1. The fraction of sp³-hybridized carbons (Fsp3) is 0.429. The number of benzene rings is 1. The third-order valence-electron chi connectivity index (χ3n) is 5.43. The molecule has 2 aliphatic rings. The number of nitrogens with zero attached hydrogens (tertiary/aromatic N) is 1. The maximum Gasteiger partial charge on any atom is 0.342 e. The lowest BCUT2D eigenvalue weighted by molar-refractivity contribution is -0.140. The van der Waals surface area contributed by atoms with Crippen LogP contribution in [-0.2, 0) is 35.3 Å². The van der Waals surface area contributed by atoms with Gasteiger partial charge in [0, 0.05) is 18.0 Å². The lowest BCUT2D eigenvalue weighted by Crippen LogP contribution is -2.42. The molecule has 142 valence electrons. The van der Waals surface area contributed by atoms with Crippen LogP contribution in [0, 0.1) is 0 Å². The quantitative estimate of drug-likeness (QED) is 0.822. The highest BCUT2D eigenvalue weighted by molar-refractivity contribution is 7.10. The molecule has 2 aromatic rings. The first-order valence-electron chi connectivity index (χ1n) is 9.42. The van der Waals surface area contributed by atoms with Crippen molar-refractivity contribution in [2.75, 3.05) is 6.54 Å². The summed E-state index contributed by atoms with van der Waals surface area (Å²) in [4.78, 5) is 28.3. The SMILES string of the molecule is C[C@H](OC(=O)c1cc2c(cc1O)CCCC2)C(=O)N1CCc2sccc2C1. The number of carbonyl (C=O) groups is 2. The van der Waals surface area contributed by atoms with Crippen LogP contribution in [0.1, 0.15) is 51.7 Å². The molecule has 1 aliphatic carbocycles. The Balaban J connectivity index is 1.44. The summed E-state index contributed by atoms with van der Waals surface area (Å²) in [5, 5.41) is 12.3. The van der Waals surface area contributed by atoms with Crippen LogP contribution < -0.4 is 0 Å². The summed E-state index contributed by atoms with van der Waals surface area (Å²) in [6.45, 7) is 2.79. The molecule has 0 radical (unpaired) electrons. The van der Waals surface area contributed by atoms with Gasteiger partial charge in [0.15, 0.2) is 6.10 Å². The maximum absolute atomic E-state index is 12.7. The number of amides is 1. The molecule has 1 atom stereocenters. The van der Waals surface area contributed by atoms with Crippen molar-refractivity contribution in [1.29, 1.82) is 0 Å². The molecule has 1 aromatic carbocycles. The Morgan fingerprint density at radius 2 is 1.89 bits per heavy atom. The number of phenols is 1. The van der Waals surface area contributed by atoms with Crippen molar-refractivity contribution in [2.45, 2.75) is 51.7 Å². The molecule has 0 unspecified atom stereocenters. The summed E-state index contributed by atoms with van der Waals surface area (Å²) in [6, 6.07) is 5.43. The molecular formula is C21H23NO4S. The molecule has 0 spiro atoms. The molecule has 5 nitrogen and oxygen atoms in total. The summed E-state index contributed by atoms with van der Waals surface area (Å²) in [5.74, 6) is -0.909. The van der Waals surface area contributed by atoms with E-state index in [1.807, 2.05) is 11.4 Å². The Morgan fingerprint density at radius 1 is 1.15 bits per heavy atom. The van der Waals surface area contributed by atoms with Crippen LogP contribution in [0.15, 0.2) is 23.6 Å². The van der Waals surface area contributed by atoms with E-state index in [0.717, 1.165) is 43.2 Å². The van der Waals surface area contributed by atoms with Crippen molar-refractivity contribution in [3.63, 3.8) is 0 Å². The van der Waals surface area contributed by atoms with Gasteiger partial charge in [0.1, 0.15) is 11.3 Å². The number of esters is 1. The summed E-state index contributed by atoms with van der Waals surface area (Å²) in [6.07, 6.45) is 3.97. The average Bonchev–Trinajstić information content (AvgIpc) is 3.14. The fourth-order valence-electron chi connectivity index (χ4n) is 3.90. The lowest BCUT2D eigenvalue weighted by atomic mass is 9.90. The zero-order valence-corrected chi connectivity index (χ0v) is 16.2. The van der Waals surface area contributed by atoms with Crippen LogP contribution >= 0.6 is 11.3 Å². The molecule has 0 saturated heterocycles. The zero-order valence-electron chi connectivity index (χ0n) is 15.4. The first-order chi connectivity index (χ1) is 13.0. The van der Waals surface area contributed by atoms with E-state index in [0.29, 0.717) is 13.1 Å². The van der Waals surface area contributed by atoms with Crippen molar-refractivity contribution < 1.29 is 19.4 Å². The van der Waals surface area contributed by atoms with Gasteiger partial charge in [-0.2, -0.15) is 0 Å². The van der Waals surface area contributed by atoms with E-state index in [2.05, 4.69) is 0 Å². The first kappa shape index (κ1) is 18.0.